The maximum absolute atomic E-state index is 13.7. The van der Waals surface area contributed by atoms with Gasteiger partial charge in [0, 0.05) is 21.7 Å². The Bertz CT molecular complexity index is 1400. The monoisotopic (exact) mass is 538 g/mol. The zero-order valence-electron chi connectivity index (χ0n) is 20.3. The molecule has 192 valence electrons. The highest BCUT2D eigenvalue weighted by molar-refractivity contribution is 8.00. The number of ether oxygens (including phenoxy) is 1. The number of anilines is 1. The summed E-state index contributed by atoms with van der Waals surface area (Å²) in [6.45, 7) is 1.95. The van der Waals surface area contributed by atoms with Gasteiger partial charge in [-0.05, 0) is 85.9 Å². The van der Waals surface area contributed by atoms with Crippen molar-refractivity contribution in [1.29, 1.82) is 0 Å². The fourth-order valence-electron chi connectivity index (χ4n) is 6.38. The van der Waals surface area contributed by atoms with Crippen LogP contribution in [-0.2, 0) is 16.1 Å². The maximum Gasteiger partial charge on any atom is 0.338 e. The van der Waals surface area contributed by atoms with Crippen molar-refractivity contribution >= 4 is 40.7 Å². The van der Waals surface area contributed by atoms with E-state index in [1.165, 1.54) is 42.7 Å². The molecule has 4 unspecified atom stereocenters. The van der Waals surface area contributed by atoms with E-state index in [1.807, 2.05) is 12.1 Å². The zero-order valence-corrected chi connectivity index (χ0v) is 21.9. The second kappa shape index (κ2) is 9.76. The number of benzene rings is 2. The van der Waals surface area contributed by atoms with Crippen molar-refractivity contribution in [1.82, 2.24) is 4.57 Å². The molecule has 6 nitrogen and oxygen atoms in total. The number of esters is 1. The molecular weight excluding hydrogens is 511 g/mol. The van der Waals surface area contributed by atoms with E-state index in [0.717, 1.165) is 15.5 Å². The predicted octanol–water partition coefficient (Wildman–Crippen LogP) is 5.52. The molecule has 1 aliphatic heterocycles. The normalized spacial score (nSPS) is 25.4. The third kappa shape index (κ3) is 4.42. The molecule has 2 heterocycles. The van der Waals surface area contributed by atoms with E-state index in [9.17, 15) is 18.8 Å². The number of rotatable bonds is 6. The zero-order chi connectivity index (χ0) is 25.7. The van der Waals surface area contributed by atoms with E-state index in [0.29, 0.717) is 40.9 Å². The minimum atomic E-state index is -0.413. The van der Waals surface area contributed by atoms with Gasteiger partial charge in [0.05, 0.1) is 17.2 Å². The summed E-state index contributed by atoms with van der Waals surface area (Å²) in [5.41, 5.74) is 2.00. The molecule has 0 radical (unpaired) electrons. The number of hydrogen-bond donors (Lipinski definition) is 1. The number of carbonyl (C=O) groups excluding carboxylic acids is 2. The van der Waals surface area contributed by atoms with Gasteiger partial charge in [-0.1, -0.05) is 23.5 Å². The van der Waals surface area contributed by atoms with Crippen LogP contribution in [0.25, 0.3) is 0 Å². The summed E-state index contributed by atoms with van der Waals surface area (Å²) in [5, 5.41) is 4.12. The van der Waals surface area contributed by atoms with Gasteiger partial charge in [0.15, 0.2) is 0 Å². The molecule has 1 N–H and O–H groups in total. The number of carbonyl (C=O) groups is 2. The van der Waals surface area contributed by atoms with Crippen molar-refractivity contribution in [3.63, 3.8) is 0 Å². The van der Waals surface area contributed by atoms with Crippen molar-refractivity contribution in [2.75, 3.05) is 11.9 Å². The van der Waals surface area contributed by atoms with Crippen molar-refractivity contribution in [3.8, 4) is 0 Å². The van der Waals surface area contributed by atoms with Crippen LogP contribution in [0.2, 0.25) is 0 Å². The maximum atomic E-state index is 13.7. The molecule has 6 rings (SSSR count). The molecule has 2 fully saturated rings. The Kier molecular flexibility index (Phi) is 6.44. The molecule has 3 aliphatic rings. The van der Waals surface area contributed by atoms with Crippen molar-refractivity contribution in [3.05, 3.63) is 80.0 Å². The lowest BCUT2D eigenvalue weighted by molar-refractivity contribution is -0.116. The Hall–Kier alpha value is -2.91. The molecule has 0 saturated heterocycles. The summed E-state index contributed by atoms with van der Waals surface area (Å²) in [7, 11) is 0. The molecule has 2 bridgehead atoms. The SMILES string of the molecule is CCOC(=O)c1ccc(NC(=O)Cn2c3c(sc2=O)[C@@H](c2ccc(F)cc2)C2C4CCC(C4)C2S3)cc1. The molecule has 2 saturated carbocycles. The number of amides is 1. The number of fused-ring (bicyclic) bond motifs is 6. The lowest BCUT2D eigenvalue weighted by Crippen LogP contribution is -2.34. The molecule has 1 aromatic heterocycles. The second-order valence-electron chi connectivity index (χ2n) is 9.99. The topological polar surface area (TPSA) is 77.4 Å². The van der Waals surface area contributed by atoms with Gasteiger partial charge < -0.3 is 10.1 Å². The van der Waals surface area contributed by atoms with E-state index in [2.05, 4.69) is 5.32 Å². The van der Waals surface area contributed by atoms with E-state index >= 15 is 0 Å². The van der Waals surface area contributed by atoms with Gasteiger partial charge in [-0.15, -0.1) is 11.8 Å². The van der Waals surface area contributed by atoms with Crippen LogP contribution in [0.1, 0.15) is 52.9 Å². The quantitative estimate of drug-likeness (QED) is 0.419. The predicted molar refractivity (Wildman–Crippen MR) is 142 cm³/mol. The molecule has 2 aliphatic carbocycles. The first kappa shape index (κ1) is 24.4. The molecule has 2 aromatic carbocycles. The molecule has 37 heavy (non-hydrogen) atoms. The van der Waals surface area contributed by atoms with Crippen LogP contribution < -0.4 is 10.2 Å². The number of thiazole rings is 1. The van der Waals surface area contributed by atoms with Gasteiger partial charge in [-0.3, -0.25) is 14.2 Å². The largest absolute Gasteiger partial charge is 0.462 e. The van der Waals surface area contributed by atoms with E-state index < -0.39 is 5.97 Å². The Morgan fingerprint density at radius 2 is 1.81 bits per heavy atom. The number of hydrogen-bond acceptors (Lipinski definition) is 6. The average Bonchev–Trinajstić information content (AvgIpc) is 3.58. The van der Waals surface area contributed by atoms with Gasteiger partial charge in [-0.2, -0.15) is 0 Å². The smallest absolute Gasteiger partial charge is 0.338 e. The number of nitrogens with one attached hydrogen (secondary N) is 1. The van der Waals surface area contributed by atoms with Crippen molar-refractivity contribution < 1.29 is 18.7 Å². The van der Waals surface area contributed by atoms with Crippen molar-refractivity contribution in [2.24, 2.45) is 17.8 Å². The Morgan fingerprint density at radius 1 is 1.08 bits per heavy atom. The van der Waals surface area contributed by atoms with E-state index in [-0.39, 0.29) is 29.1 Å². The number of halogens is 1. The summed E-state index contributed by atoms with van der Waals surface area (Å²) in [6, 6.07) is 13.2. The highest BCUT2D eigenvalue weighted by Crippen LogP contribution is 2.64. The van der Waals surface area contributed by atoms with Gasteiger partial charge in [0.1, 0.15) is 12.4 Å². The van der Waals surface area contributed by atoms with Crippen LogP contribution in [0.15, 0.2) is 58.4 Å². The summed E-state index contributed by atoms with van der Waals surface area (Å²) in [6.07, 6.45) is 3.63. The van der Waals surface area contributed by atoms with Crippen LogP contribution in [0.5, 0.6) is 0 Å². The lowest BCUT2D eigenvalue weighted by Gasteiger charge is -2.40. The molecule has 1 amide bonds. The van der Waals surface area contributed by atoms with Crippen LogP contribution in [0.4, 0.5) is 10.1 Å². The number of aromatic nitrogens is 1. The summed E-state index contributed by atoms with van der Waals surface area (Å²) >= 11 is 2.99. The van der Waals surface area contributed by atoms with E-state index in [4.69, 9.17) is 4.74 Å². The highest BCUT2D eigenvalue weighted by Gasteiger charge is 2.55. The second-order valence-corrected chi connectivity index (χ2v) is 12.2. The molecule has 9 heteroatoms. The third-order valence-electron chi connectivity index (χ3n) is 7.90. The molecule has 0 spiro atoms. The standard InChI is InChI=1S/C28H27FN2O4S2/c1-2-35-27(33)16-7-11-20(12-8-16)30-21(32)14-31-26-25(37-28(31)34)22(15-5-9-19(29)10-6-15)23-17-3-4-18(13-17)24(23)36-26/h5-12,17-18,22-24H,2-4,13-14H2,1H3,(H,30,32)/t17?,18?,22-,23?,24?/m0/s1. The van der Waals surface area contributed by atoms with Gasteiger partial charge in [0.25, 0.3) is 0 Å². The first-order chi connectivity index (χ1) is 17.9. The fourth-order valence-corrected chi connectivity index (χ4v) is 9.53. The van der Waals surface area contributed by atoms with Crippen molar-refractivity contribution in [2.45, 2.75) is 48.9 Å². The minimum absolute atomic E-state index is 0.0505. The first-order valence-corrected chi connectivity index (χ1v) is 14.3. The molecule has 3 aromatic rings. The first-order valence-electron chi connectivity index (χ1n) is 12.7. The van der Waals surface area contributed by atoms with Crippen LogP contribution in [0.3, 0.4) is 0 Å². The number of thioether (sulfide) groups is 1. The van der Waals surface area contributed by atoms with Gasteiger partial charge in [-0.25, -0.2) is 9.18 Å². The van der Waals surface area contributed by atoms with E-state index in [1.54, 1.807) is 47.5 Å². The Balaban J connectivity index is 1.27. The molecule has 5 atom stereocenters. The van der Waals surface area contributed by atoms with Crippen LogP contribution in [0, 0.1) is 23.6 Å². The van der Waals surface area contributed by atoms with Crippen LogP contribution >= 0.6 is 23.1 Å². The van der Waals surface area contributed by atoms with Gasteiger partial charge in [0.2, 0.25) is 5.91 Å². The Labute approximate surface area is 222 Å². The molecular formula is C28H27FN2O4S2. The lowest BCUT2D eigenvalue weighted by atomic mass is 9.75. The summed E-state index contributed by atoms with van der Waals surface area (Å²) < 4.78 is 20.3. The third-order valence-corrected chi connectivity index (χ3v) is 10.7. The average molecular weight is 539 g/mol. The highest BCUT2D eigenvalue weighted by atomic mass is 32.2. The number of nitrogens with zero attached hydrogens (tertiary/aromatic N) is 1. The van der Waals surface area contributed by atoms with Crippen LogP contribution in [-0.4, -0.2) is 28.3 Å². The van der Waals surface area contributed by atoms with Gasteiger partial charge >= 0.3 is 10.8 Å². The minimum Gasteiger partial charge on any atom is -0.462 e. The fraction of sp³-hybridized carbons (Fsp3) is 0.393. The summed E-state index contributed by atoms with van der Waals surface area (Å²) in [5.74, 6) is 0.735. The Morgan fingerprint density at radius 3 is 2.54 bits per heavy atom. The summed E-state index contributed by atoms with van der Waals surface area (Å²) in [4.78, 5) is 38.9.